The van der Waals surface area contributed by atoms with E-state index < -0.39 is 10.8 Å². The van der Waals surface area contributed by atoms with Crippen molar-refractivity contribution < 1.29 is 14.0 Å². The zero-order valence-electron chi connectivity index (χ0n) is 13.0. The molecule has 0 aliphatic heterocycles. The Morgan fingerprint density at radius 3 is 2.24 bits per heavy atom. The predicted octanol–water partition coefficient (Wildman–Crippen LogP) is 3.80. The van der Waals surface area contributed by atoms with Crippen LogP contribution in [0.15, 0.2) is 24.3 Å². The molecule has 114 valence electrons. The first-order chi connectivity index (χ1) is 9.68. The van der Waals surface area contributed by atoms with Gasteiger partial charge in [-0.15, -0.1) is 0 Å². The maximum absolute atomic E-state index is 12.9. The monoisotopic (exact) mass is 291 g/mol. The standard InChI is InChI=1S/C17H22FNO2/c1-11(20)17(4)10-9-14(16(17,2)3)15(21)19-13-7-5-12(18)6-8-13/h5-8,14H,9-10H2,1-4H3,(H,19,21). The van der Waals surface area contributed by atoms with Crippen LogP contribution in [0.2, 0.25) is 0 Å². The van der Waals surface area contributed by atoms with Gasteiger partial charge in [0.2, 0.25) is 5.91 Å². The van der Waals surface area contributed by atoms with Gasteiger partial charge in [0.25, 0.3) is 0 Å². The highest BCUT2D eigenvalue weighted by molar-refractivity contribution is 5.95. The number of carbonyl (C=O) groups is 2. The van der Waals surface area contributed by atoms with E-state index in [1.54, 1.807) is 19.1 Å². The minimum Gasteiger partial charge on any atom is -0.326 e. The summed E-state index contributed by atoms with van der Waals surface area (Å²) in [6.45, 7) is 7.51. The van der Waals surface area contributed by atoms with Gasteiger partial charge in [-0.25, -0.2) is 4.39 Å². The molecular formula is C17H22FNO2. The molecule has 1 aromatic rings. The molecule has 1 fully saturated rings. The summed E-state index contributed by atoms with van der Waals surface area (Å²) in [7, 11) is 0. The molecule has 2 atom stereocenters. The molecule has 3 nitrogen and oxygen atoms in total. The van der Waals surface area contributed by atoms with E-state index in [1.165, 1.54) is 12.1 Å². The lowest BCUT2D eigenvalue weighted by molar-refractivity contribution is -0.133. The van der Waals surface area contributed by atoms with Gasteiger partial charge >= 0.3 is 0 Å². The Bertz CT molecular complexity index is 565. The lowest BCUT2D eigenvalue weighted by Gasteiger charge is -2.39. The summed E-state index contributed by atoms with van der Waals surface area (Å²) < 4.78 is 12.9. The normalized spacial score (nSPS) is 27.4. The zero-order valence-corrected chi connectivity index (χ0v) is 13.0. The quantitative estimate of drug-likeness (QED) is 0.920. The summed E-state index contributed by atoms with van der Waals surface area (Å²) >= 11 is 0. The minimum atomic E-state index is -0.474. The topological polar surface area (TPSA) is 46.2 Å². The number of hydrogen-bond acceptors (Lipinski definition) is 2. The van der Waals surface area contributed by atoms with E-state index >= 15 is 0 Å². The van der Waals surface area contributed by atoms with Gasteiger partial charge in [0, 0.05) is 17.0 Å². The largest absolute Gasteiger partial charge is 0.326 e. The maximum atomic E-state index is 12.9. The van der Waals surface area contributed by atoms with Crippen LogP contribution in [0.3, 0.4) is 0 Å². The number of rotatable bonds is 3. The molecule has 0 spiro atoms. The molecule has 2 rings (SSSR count). The Hall–Kier alpha value is -1.71. The van der Waals surface area contributed by atoms with Gasteiger partial charge in [0.05, 0.1) is 0 Å². The number of halogens is 1. The number of nitrogens with one attached hydrogen (secondary N) is 1. The second kappa shape index (κ2) is 5.24. The van der Waals surface area contributed by atoms with Crippen LogP contribution in [-0.2, 0) is 9.59 Å². The third-order valence-corrected chi connectivity index (χ3v) is 5.43. The van der Waals surface area contributed by atoms with Gasteiger partial charge in [0.15, 0.2) is 0 Å². The summed E-state index contributed by atoms with van der Waals surface area (Å²) in [5.74, 6) is -0.532. The van der Waals surface area contributed by atoms with Crippen molar-refractivity contribution in [2.24, 2.45) is 16.7 Å². The number of anilines is 1. The molecule has 1 aliphatic carbocycles. The van der Waals surface area contributed by atoms with Crippen LogP contribution in [0.5, 0.6) is 0 Å². The molecule has 0 bridgehead atoms. The highest BCUT2D eigenvalue weighted by Crippen LogP contribution is 2.56. The van der Waals surface area contributed by atoms with Crippen molar-refractivity contribution in [2.75, 3.05) is 5.32 Å². The van der Waals surface area contributed by atoms with Gasteiger partial charge in [-0.2, -0.15) is 0 Å². The van der Waals surface area contributed by atoms with E-state index in [0.29, 0.717) is 12.1 Å². The SMILES string of the molecule is CC(=O)C1(C)CCC(C(=O)Nc2ccc(F)cc2)C1(C)C. The molecular weight excluding hydrogens is 269 g/mol. The van der Waals surface area contributed by atoms with Crippen molar-refractivity contribution in [1.29, 1.82) is 0 Å². The first kappa shape index (κ1) is 15.7. The molecule has 21 heavy (non-hydrogen) atoms. The van der Waals surface area contributed by atoms with Crippen molar-refractivity contribution in [2.45, 2.75) is 40.5 Å². The van der Waals surface area contributed by atoms with Crippen LogP contribution < -0.4 is 5.32 Å². The fraction of sp³-hybridized carbons (Fsp3) is 0.529. The van der Waals surface area contributed by atoms with E-state index in [-0.39, 0.29) is 23.4 Å². The zero-order chi connectivity index (χ0) is 15.8. The summed E-state index contributed by atoms with van der Waals surface area (Å²) in [4.78, 5) is 24.5. The molecule has 0 radical (unpaired) electrons. The predicted molar refractivity (Wildman–Crippen MR) is 80.3 cm³/mol. The summed E-state index contributed by atoms with van der Waals surface area (Å²) in [5, 5.41) is 2.83. The van der Waals surface area contributed by atoms with Gasteiger partial charge in [-0.3, -0.25) is 9.59 Å². The summed E-state index contributed by atoms with van der Waals surface area (Å²) in [6, 6.07) is 5.71. The van der Waals surface area contributed by atoms with Crippen molar-refractivity contribution in [3.8, 4) is 0 Å². The van der Waals surface area contributed by atoms with E-state index in [4.69, 9.17) is 0 Å². The molecule has 1 aliphatic rings. The first-order valence-electron chi connectivity index (χ1n) is 7.26. The second-order valence-corrected chi connectivity index (χ2v) is 6.70. The number of ketones is 1. The molecule has 0 saturated heterocycles. The molecule has 0 aromatic heterocycles. The lowest BCUT2D eigenvalue weighted by Crippen LogP contribution is -2.43. The van der Waals surface area contributed by atoms with Crippen LogP contribution >= 0.6 is 0 Å². The van der Waals surface area contributed by atoms with E-state index in [1.807, 2.05) is 20.8 Å². The minimum absolute atomic E-state index is 0.100. The van der Waals surface area contributed by atoms with Crippen molar-refractivity contribution in [3.63, 3.8) is 0 Å². The summed E-state index contributed by atoms with van der Waals surface area (Å²) in [5.41, 5.74) is -0.297. The van der Waals surface area contributed by atoms with Crippen molar-refractivity contribution in [3.05, 3.63) is 30.1 Å². The third-order valence-electron chi connectivity index (χ3n) is 5.43. The highest BCUT2D eigenvalue weighted by Gasteiger charge is 2.56. The molecule has 0 heterocycles. The van der Waals surface area contributed by atoms with Crippen molar-refractivity contribution >= 4 is 17.4 Å². The number of carbonyl (C=O) groups excluding carboxylic acids is 2. The molecule has 1 aromatic carbocycles. The van der Waals surface area contributed by atoms with Gasteiger partial charge in [-0.05, 0) is 49.4 Å². The molecule has 1 saturated carbocycles. The lowest BCUT2D eigenvalue weighted by atomic mass is 9.63. The number of benzene rings is 1. The fourth-order valence-electron chi connectivity index (χ4n) is 3.35. The fourth-order valence-corrected chi connectivity index (χ4v) is 3.35. The van der Waals surface area contributed by atoms with Crippen LogP contribution in [0.1, 0.15) is 40.5 Å². The van der Waals surface area contributed by atoms with Crippen LogP contribution in [-0.4, -0.2) is 11.7 Å². The Morgan fingerprint density at radius 1 is 1.19 bits per heavy atom. The second-order valence-electron chi connectivity index (χ2n) is 6.70. The molecule has 2 unspecified atom stereocenters. The van der Waals surface area contributed by atoms with Gasteiger partial charge in [0.1, 0.15) is 11.6 Å². The van der Waals surface area contributed by atoms with E-state index in [9.17, 15) is 14.0 Å². The number of hydrogen-bond donors (Lipinski definition) is 1. The smallest absolute Gasteiger partial charge is 0.228 e. The van der Waals surface area contributed by atoms with Crippen molar-refractivity contribution in [1.82, 2.24) is 0 Å². The maximum Gasteiger partial charge on any atom is 0.228 e. The number of Topliss-reactive ketones (excluding diaryl/α,β-unsaturated/α-hetero) is 1. The Balaban J connectivity index is 2.17. The van der Waals surface area contributed by atoms with Crippen LogP contribution in [0.4, 0.5) is 10.1 Å². The van der Waals surface area contributed by atoms with Gasteiger partial charge < -0.3 is 5.32 Å². The first-order valence-corrected chi connectivity index (χ1v) is 7.26. The molecule has 1 N–H and O–H groups in total. The van der Waals surface area contributed by atoms with E-state index in [2.05, 4.69) is 5.32 Å². The Morgan fingerprint density at radius 2 is 1.76 bits per heavy atom. The summed E-state index contributed by atoms with van der Waals surface area (Å²) in [6.07, 6.45) is 1.41. The van der Waals surface area contributed by atoms with Gasteiger partial charge in [-0.1, -0.05) is 20.8 Å². The van der Waals surface area contributed by atoms with E-state index in [0.717, 1.165) is 6.42 Å². The molecule has 4 heteroatoms. The average molecular weight is 291 g/mol. The Kier molecular flexibility index (Phi) is 3.91. The number of amides is 1. The van der Waals surface area contributed by atoms with Crippen LogP contribution in [0.25, 0.3) is 0 Å². The van der Waals surface area contributed by atoms with Crippen LogP contribution in [0, 0.1) is 22.6 Å². The average Bonchev–Trinajstić information content (AvgIpc) is 2.64. The highest BCUT2D eigenvalue weighted by atomic mass is 19.1. The third kappa shape index (κ3) is 2.59. The Labute approximate surface area is 124 Å². The molecule has 1 amide bonds.